The van der Waals surface area contributed by atoms with E-state index in [1.54, 1.807) is 0 Å². The molecule has 0 saturated carbocycles. The zero-order valence-electron chi connectivity index (χ0n) is 8.65. The molecular formula is C10H6F5N3. The highest BCUT2D eigenvalue weighted by molar-refractivity contribution is 5.76. The van der Waals surface area contributed by atoms with Gasteiger partial charge in [-0.05, 0) is 17.7 Å². The topological polar surface area (TPSA) is 54.7 Å². The van der Waals surface area contributed by atoms with Gasteiger partial charge in [0.15, 0.2) is 5.69 Å². The molecule has 1 aromatic heterocycles. The Bertz CT molecular complexity index is 567. The zero-order chi connectivity index (χ0) is 13.5. The van der Waals surface area contributed by atoms with Crippen molar-refractivity contribution in [2.75, 3.05) is 5.73 Å². The van der Waals surface area contributed by atoms with Gasteiger partial charge in [0, 0.05) is 6.07 Å². The Labute approximate surface area is 97.4 Å². The number of alkyl halides is 3. The lowest BCUT2D eigenvalue weighted by atomic mass is 10.0. The van der Waals surface area contributed by atoms with Crippen LogP contribution in [0.15, 0.2) is 18.2 Å². The first-order valence-corrected chi connectivity index (χ1v) is 4.66. The molecular weight excluding hydrogens is 257 g/mol. The summed E-state index contributed by atoms with van der Waals surface area (Å²) in [6, 6.07) is 2.05. The standard InChI is InChI=1S/C10H6F5N3/c11-5-1-4(2-6(12)3-5)7-8(10(13,14)15)17-18-9(7)16/h1-3H,(H3,16,17,18). The van der Waals surface area contributed by atoms with Gasteiger partial charge in [-0.3, -0.25) is 5.10 Å². The van der Waals surface area contributed by atoms with Crippen molar-refractivity contribution in [1.82, 2.24) is 10.2 Å². The predicted octanol–water partition coefficient (Wildman–Crippen LogP) is 2.96. The maximum Gasteiger partial charge on any atom is 0.435 e. The predicted molar refractivity (Wildman–Crippen MR) is 53.4 cm³/mol. The first-order chi connectivity index (χ1) is 8.29. The molecule has 0 spiro atoms. The molecule has 0 aliphatic rings. The molecule has 3 nitrogen and oxygen atoms in total. The lowest BCUT2D eigenvalue weighted by Crippen LogP contribution is -2.07. The minimum absolute atomic E-state index is 0.328. The Kier molecular flexibility index (Phi) is 2.72. The number of H-pyrrole nitrogens is 1. The van der Waals surface area contributed by atoms with E-state index in [2.05, 4.69) is 5.10 Å². The molecule has 18 heavy (non-hydrogen) atoms. The van der Waals surface area contributed by atoms with Crippen LogP contribution in [0.25, 0.3) is 11.1 Å². The number of aromatic amines is 1. The van der Waals surface area contributed by atoms with Crippen LogP contribution in [0, 0.1) is 11.6 Å². The van der Waals surface area contributed by atoms with E-state index in [4.69, 9.17) is 5.73 Å². The van der Waals surface area contributed by atoms with Crippen LogP contribution >= 0.6 is 0 Å². The first-order valence-electron chi connectivity index (χ1n) is 4.66. The quantitative estimate of drug-likeness (QED) is 0.777. The summed E-state index contributed by atoms with van der Waals surface area (Å²) in [4.78, 5) is 0. The number of nitrogens with two attached hydrogens (primary N) is 1. The molecule has 0 fully saturated rings. The van der Waals surface area contributed by atoms with Crippen LogP contribution in [-0.2, 0) is 6.18 Å². The second-order valence-corrected chi connectivity index (χ2v) is 3.52. The molecule has 0 amide bonds. The Morgan fingerprint density at radius 3 is 2.11 bits per heavy atom. The number of halogens is 5. The molecule has 1 aromatic carbocycles. The van der Waals surface area contributed by atoms with E-state index in [1.165, 1.54) is 0 Å². The number of aromatic nitrogens is 2. The highest BCUT2D eigenvalue weighted by Gasteiger charge is 2.38. The third kappa shape index (κ3) is 2.13. The largest absolute Gasteiger partial charge is 0.435 e. The first kappa shape index (κ1) is 12.3. The lowest BCUT2D eigenvalue weighted by molar-refractivity contribution is -0.140. The fourth-order valence-electron chi connectivity index (χ4n) is 1.55. The maximum atomic E-state index is 13.0. The number of hydrogen-bond acceptors (Lipinski definition) is 2. The van der Waals surface area contributed by atoms with Crippen molar-refractivity contribution in [3.05, 3.63) is 35.5 Å². The monoisotopic (exact) mass is 263 g/mol. The van der Waals surface area contributed by atoms with E-state index >= 15 is 0 Å². The van der Waals surface area contributed by atoms with E-state index in [-0.39, 0.29) is 5.56 Å². The third-order valence-corrected chi connectivity index (χ3v) is 2.21. The minimum atomic E-state index is -4.77. The van der Waals surface area contributed by atoms with E-state index in [9.17, 15) is 22.0 Å². The Morgan fingerprint density at radius 1 is 1.06 bits per heavy atom. The molecule has 0 atom stereocenters. The highest BCUT2D eigenvalue weighted by atomic mass is 19.4. The molecule has 8 heteroatoms. The summed E-state index contributed by atoms with van der Waals surface area (Å²) in [5.41, 5.74) is 3.10. The van der Waals surface area contributed by atoms with Crippen molar-refractivity contribution < 1.29 is 22.0 Å². The number of anilines is 1. The number of hydrogen-bond donors (Lipinski definition) is 2. The van der Waals surface area contributed by atoms with Crippen molar-refractivity contribution in [3.63, 3.8) is 0 Å². The SMILES string of the molecule is Nc1[nH]nc(C(F)(F)F)c1-c1cc(F)cc(F)c1. The number of nitrogens with zero attached hydrogens (tertiary/aromatic N) is 1. The van der Waals surface area contributed by atoms with E-state index < -0.39 is 34.9 Å². The van der Waals surface area contributed by atoms with Crippen molar-refractivity contribution in [2.24, 2.45) is 0 Å². The Morgan fingerprint density at radius 2 is 1.61 bits per heavy atom. The highest BCUT2D eigenvalue weighted by Crippen LogP contribution is 2.38. The van der Waals surface area contributed by atoms with Gasteiger partial charge >= 0.3 is 6.18 Å². The number of nitrogen functional groups attached to an aromatic ring is 1. The maximum absolute atomic E-state index is 13.0. The summed E-state index contributed by atoms with van der Waals surface area (Å²) in [5.74, 6) is -2.41. The van der Waals surface area contributed by atoms with Gasteiger partial charge in [0.25, 0.3) is 0 Å². The van der Waals surface area contributed by atoms with Crippen LogP contribution in [0.3, 0.4) is 0 Å². The summed E-state index contributed by atoms with van der Waals surface area (Å²) in [6.07, 6.45) is -4.77. The zero-order valence-corrected chi connectivity index (χ0v) is 8.65. The second kappa shape index (κ2) is 3.97. The van der Waals surface area contributed by atoms with Crippen molar-refractivity contribution >= 4 is 5.82 Å². The Balaban J connectivity index is 2.67. The van der Waals surface area contributed by atoms with E-state index in [0.717, 1.165) is 12.1 Å². The Hall–Kier alpha value is -2.12. The molecule has 96 valence electrons. The van der Waals surface area contributed by atoms with Gasteiger partial charge in [-0.1, -0.05) is 0 Å². The van der Waals surface area contributed by atoms with Gasteiger partial charge in [-0.15, -0.1) is 0 Å². The average Bonchev–Trinajstić information content (AvgIpc) is 2.57. The summed E-state index contributed by atoms with van der Waals surface area (Å²) in [5, 5.41) is 4.95. The van der Waals surface area contributed by atoms with Crippen LogP contribution in [0.1, 0.15) is 5.69 Å². The number of nitrogens with one attached hydrogen (secondary N) is 1. The van der Waals surface area contributed by atoms with Crippen LogP contribution in [0.4, 0.5) is 27.8 Å². The summed E-state index contributed by atoms with van der Waals surface area (Å²) in [6.45, 7) is 0. The summed E-state index contributed by atoms with van der Waals surface area (Å²) < 4.78 is 63.8. The van der Waals surface area contributed by atoms with Crippen LogP contribution in [0.2, 0.25) is 0 Å². The minimum Gasteiger partial charge on any atom is -0.384 e. The van der Waals surface area contributed by atoms with E-state index in [1.807, 2.05) is 5.10 Å². The molecule has 0 bridgehead atoms. The van der Waals surface area contributed by atoms with Crippen LogP contribution < -0.4 is 5.73 Å². The van der Waals surface area contributed by atoms with Crippen LogP contribution in [0.5, 0.6) is 0 Å². The summed E-state index contributed by atoms with van der Waals surface area (Å²) in [7, 11) is 0. The van der Waals surface area contributed by atoms with Crippen molar-refractivity contribution in [3.8, 4) is 11.1 Å². The molecule has 3 N–H and O–H groups in total. The van der Waals surface area contributed by atoms with E-state index in [0.29, 0.717) is 6.07 Å². The van der Waals surface area contributed by atoms with Gasteiger partial charge in [0.2, 0.25) is 0 Å². The van der Waals surface area contributed by atoms with Crippen molar-refractivity contribution in [1.29, 1.82) is 0 Å². The molecule has 2 aromatic rings. The molecule has 0 unspecified atom stereocenters. The average molecular weight is 263 g/mol. The normalized spacial score (nSPS) is 11.8. The molecule has 0 radical (unpaired) electrons. The molecule has 1 heterocycles. The lowest BCUT2D eigenvalue weighted by Gasteiger charge is -2.07. The molecule has 0 aliphatic carbocycles. The number of rotatable bonds is 1. The van der Waals surface area contributed by atoms with Gasteiger partial charge in [0.1, 0.15) is 17.5 Å². The molecule has 2 rings (SSSR count). The van der Waals surface area contributed by atoms with Gasteiger partial charge in [0.05, 0.1) is 5.56 Å². The van der Waals surface area contributed by atoms with Gasteiger partial charge < -0.3 is 5.73 Å². The fourth-order valence-corrected chi connectivity index (χ4v) is 1.55. The van der Waals surface area contributed by atoms with Crippen LogP contribution in [-0.4, -0.2) is 10.2 Å². The smallest absolute Gasteiger partial charge is 0.384 e. The number of benzene rings is 1. The fraction of sp³-hybridized carbons (Fsp3) is 0.100. The molecule has 0 aliphatic heterocycles. The van der Waals surface area contributed by atoms with Gasteiger partial charge in [-0.25, -0.2) is 8.78 Å². The third-order valence-electron chi connectivity index (χ3n) is 2.21. The van der Waals surface area contributed by atoms with Gasteiger partial charge in [-0.2, -0.15) is 18.3 Å². The second-order valence-electron chi connectivity index (χ2n) is 3.52. The van der Waals surface area contributed by atoms with Crippen molar-refractivity contribution in [2.45, 2.75) is 6.18 Å². The molecule has 0 saturated heterocycles. The summed E-state index contributed by atoms with van der Waals surface area (Å²) >= 11 is 0.